The molecule has 2 aromatic carbocycles. The molecular formula is C14H11N3O3. The third-order valence-corrected chi connectivity index (χ3v) is 3.15. The highest BCUT2D eigenvalue weighted by atomic mass is 16.6. The molecule has 0 bridgehead atoms. The Morgan fingerprint density at radius 2 is 1.90 bits per heavy atom. The van der Waals surface area contributed by atoms with Crippen LogP contribution in [0.5, 0.6) is 0 Å². The molecule has 1 heterocycles. The molecule has 0 saturated carbocycles. The highest BCUT2D eigenvalue weighted by molar-refractivity contribution is 5.78. The monoisotopic (exact) mass is 269 g/mol. The van der Waals surface area contributed by atoms with Gasteiger partial charge in [0.15, 0.2) is 0 Å². The fraction of sp³-hybridized carbons (Fsp3) is 0.0714. The van der Waals surface area contributed by atoms with Crippen LogP contribution >= 0.6 is 0 Å². The Labute approximate surface area is 113 Å². The number of nitrogens with zero attached hydrogens (tertiary/aromatic N) is 2. The van der Waals surface area contributed by atoms with E-state index in [1.54, 1.807) is 10.6 Å². The Hall–Kier alpha value is -2.89. The van der Waals surface area contributed by atoms with Crippen LogP contribution < -0.4 is 5.69 Å². The van der Waals surface area contributed by atoms with Crippen LogP contribution in [0, 0.1) is 10.1 Å². The number of fused-ring (bicyclic) bond motifs is 1. The SMILES string of the molecule is O=c1[nH]c2cc([N+](=O)[O-])ccc2n1Cc1ccccc1. The van der Waals surface area contributed by atoms with Crippen LogP contribution in [0.1, 0.15) is 5.56 Å². The van der Waals surface area contributed by atoms with Gasteiger partial charge in [-0.2, -0.15) is 0 Å². The number of H-pyrrole nitrogens is 1. The van der Waals surface area contributed by atoms with Crippen molar-refractivity contribution in [2.75, 3.05) is 0 Å². The molecule has 0 radical (unpaired) electrons. The molecule has 0 saturated heterocycles. The number of benzene rings is 2. The third-order valence-electron chi connectivity index (χ3n) is 3.15. The van der Waals surface area contributed by atoms with E-state index in [2.05, 4.69) is 4.98 Å². The zero-order valence-corrected chi connectivity index (χ0v) is 10.4. The fourth-order valence-corrected chi connectivity index (χ4v) is 2.19. The van der Waals surface area contributed by atoms with Crippen LogP contribution in [0.15, 0.2) is 53.3 Å². The van der Waals surface area contributed by atoms with E-state index < -0.39 is 4.92 Å². The maximum Gasteiger partial charge on any atom is 0.326 e. The third kappa shape index (κ3) is 2.07. The lowest BCUT2D eigenvalue weighted by Crippen LogP contribution is -2.17. The summed E-state index contributed by atoms with van der Waals surface area (Å²) in [6.45, 7) is 0.428. The maximum absolute atomic E-state index is 12.0. The summed E-state index contributed by atoms with van der Waals surface area (Å²) in [4.78, 5) is 24.9. The van der Waals surface area contributed by atoms with Gasteiger partial charge in [-0.05, 0) is 11.6 Å². The van der Waals surface area contributed by atoms with Gasteiger partial charge in [0.25, 0.3) is 5.69 Å². The van der Waals surface area contributed by atoms with Crippen molar-refractivity contribution < 1.29 is 4.92 Å². The second-order valence-electron chi connectivity index (χ2n) is 4.46. The molecule has 20 heavy (non-hydrogen) atoms. The lowest BCUT2D eigenvalue weighted by Gasteiger charge is -2.03. The number of nitrogens with one attached hydrogen (secondary N) is 1. The molecule has 0 fully saturated rings. The van der Waals surface area contributed by atoms with Crippen LogP contribution in [0.4, 0.5) is 5.69 Å². The van der Waals surface area contributed by atoms with Crippen molar-refractivity contribution in [3.63, 3.8) is 0 Å². The van der Waals surface area contributed by atoms with Crippen LogP contribution in [-0.2, 0) is 6.54 Å². The standard InChI is InChI=1S/C14H11N3O3/c18-14-15-12-8-11(17(19)20)6-7-13(12)16(14)9-10-4-2-1-3-5-10/h1-8H,9H2,(H,15,18). The smallest absolute Gasteiger partial charge is 0.305 e. The first kappa shape index (κ1) is 12.2. The molecular weight excluding hydrogens is 258 g/mol. The fourth-order valence-electron chi connectivity index (χ4n) is 2.19. The Morgan fingerprint density at radius 3 is 2.60 bits per heavy atom. The average Bonchev–Trinajstić information content (AvgIpc) is 2.75. The van der Waals surface area contributed by atoms with Gasteiger partial charge in [0.2, 0.25) is 0 Å². The molecule has 0 spiro atoms. The highest BCUT2D eigenvalue weighted by Gasteiger charge is 2.12. The van der Waals surface area contributed by atoms with Crippen LogP contribution in [-0.4, -0.2) is 14.5 Å². The van der Waals surface area contributed by atoms with Crippen molar-refractivity contribution in [1.29, 1.82) is 0 Å². The summed E-state index contributed by atoms with van der Waals surface area (Å²) in [5, 5.41) is 10.7. The number of aromatic amines is 1. The molecule has 6 heteroatoms. The molecule has 0 atom stereocenters. The summed E-state index contributed by atoms with van der Waals surface area (Å²) in [7, 11) is 0. The average molecular weight is 269 g/mol. The van der Waals surface area contributed by atoms with E-state index in [0.29, 0.717) is 17.6 Å². The molecule has 0 aliphatic carbocycles. The van der Waals surface area contributed by atoms with Crippen molar-refractivity contribution in [3.8, 4) is 0 Å². The number of imidazole rings is 1. The Morgan fingerprint density at radius 1 is 1.15 bits per heavy atom. The van der Waals surface area contributed by atoms with Gasteiger partial charge < -0.3 is 4.98 Å². The minimum absolute atomic E-state index is 0.0365. The zero-order chi connectivity index (χ0) is 14.1. The van der Waals surface area contributed by atoms with E-state index in [1.807, 2.05) is 30.3 Å². The molecule has 1 N–H and O–H groups in total. The Balaban J connectivity index is 2.10. The largest absolute Gasteiger partial charge is 0.326 e. The van der Waals surface area contributed by atoms with Gasteiger partial charge in [-0.25, -0.2) is 4.79 Å². The summed E-state index contributed by atoms with van der Waals surface area (Å²) in [6, 6.07) is 13.9. The first-order valence-corrected chi connectivity index (χ1v) is 6.06. The van der Waals surface area contributed by atoms with Gasteiger partial charge in [0.1, 0.15) is 0 Å². The van der Waals surface area contributed by atoms with Crippen molar-refractivity contribution in [1.82, 2.24) is 9.55 Å². The number of nitro benzene ring substituents is 1. The Kier molecular flexibility index (Phi) is 2.83. The van der Waals surface area contributed by atoms with E-state index in [1.165, 1.54) is 12.1 Å². The van der Waals surface area contributed by atoms with Gasteiger partial charge in [-0.15, -0.1) is 0 Å². The number of hydrogen-bond acceptors (Lipinski definition) is 3. The van der Waals surface area contributed by atoms with E-state index in [-0.39, 0.29) is 11.4 Å². The highest BCUT2D eigenvalue weighted by Crippen LogP contribution is 2.18. The van der Waals surface area contributed by atoms with Crippen molar-refractivity contribution in [2.24, 2.45) is 0 Å². The van der Waals surface area contributed by atoms with Crippen molar-refractivity contribution >= 4 is 16.7 Å². The molecule has 0 unspecified atom stereocenters. The Bertz CT molecular complexity index is 834. The summed E-state index contributed by atoms with van der Waals surface area (Å²) >= 11 is 0. The van der Waals surface area contributed by atoms with Crippen LogP contribution in [0.25, 0.3) is 11.0 Å². The van der Waals surface area contributed by atoms with Crippen molar-refractivity contribution in [2.45, 2.75) is 6.54 Å². The van der Waals surface area contributed by atoms with Gasteiger partial charge in [0, 0.05) is 12.1 Å². The second kappa shape index (κ2) is 4.65. The van der Waals surface area contributed by atoms with Gasteiger partial charge in [0.05, 0.1) is 22.5 Å². The van der Waals surface area contributed by atoms with Gasteiger partial charge in [-0.3, -0.25) is 14.7 Å². The number of aromatic nitrogens is 2. The van der Waals surface area contributed by atoms with Gasteiger partial charge in [-0.1, -0.05) is 30.3 Å². The van der Waals surface area contributed by atoms with E-state index in [9.17, 15) is 14.9 Å². The van der Waals surface area contributed by atoms with Crippen LogP contribution in [0.3, 0.4) is 0 Å². The van der Waals surface area contributed by atoms with Crippen molar-refractivity contribution in [3.05, 3.63) is 74.7 Å². The molecule has 1 aromatic heterocycles. The molecule has 0 amide bonds. The number of rotatable bonds is 3. The van der Waals surface area contributed by atoms with E-state index in [0.717, 1.165) is 5.56 Å². The molecule has 100 valence electrons. The zero-order valence-electron chi connectivity index (χ0n) is 10.4. The molecule has 3 rings (SSSR count). The minimum atomic E-state index is -0.480. The van der Waals surface area contributed by atoms with Crippen LogP contribution in [0.2, 0.25) is 0 Å². The minimum Gasteiger partial charge on any atom is -0.305 e. The maximum atomic E-state index is 12.0. The summed E-state index contributed by atoms with van der Waals surface area (Å²) in [5.74, 6) is 0. The first-order chi connectivity index (χ1) is 9.65. The lowest BCUT2D eigenvalue weighted by atomic mass is 10.2. The number of nitro groups is 1. The summed E-state index contributed by atoms with van der Waals surface area (Å²) < 4.78 is 1.56. The van der Waals surface area contributed by atoms with E-state index in [4.69, 9.17) is 0 Å². The second-order valence-corrected chi connectivity index (χ2v) is 4.46. The first-order valence-electron chi connectivity index (χ1n) is 6.06. The molecule has 3 aromatic rings. The van der Waals surface area contributed by atoms with E-state index >= 15 is 0 Å². The quantitative estimate of drug-likeness (QED) is 0.585. The summed E-state index contributed by atoms with van der Waals surface area (Å²) in [6.07, 6.45) is 0. The number of hydrogen-bond donors (Lipinski definition) is 1. The molecule has 0 aliphatic heterocycles. The predicted octanol–water partition coefficient (Wildman–Crippen LogP) is 2.29. The summed E-state index contributed by atoms with van der Waals surface area (Å²) in [5.41, 5.74) is 1.81. The number of non-ortho nitro benzene ring substituents is 1. The van der Waals surface area contributed by atoms with Gasteiger partial charge >= 0.3 is 5.69 Å². The molecule has 6 nitrogen and oxygen atoms in total. The topological polar surface area (TPSA) is 80.9 Å². The normalized spacial score (nSPS) is 10.8. The lowest BCUT2D eigenvalue weighted by molar-refractivity contribution is -0.384. The predicted molar refractivity (Wildman–Crippen MR) is 74.8 cm³/mol. The molecule has 0 aliphatic rings.